The van der Waals surface area contributed by atoms with E-state index in [-0.39, 0.29) is 18.3 Å². The van der Waals surface area contributed by atoms with Crippen molar-refractivity contribution < 1.29 is 9.18 Å². The zero-order chi connectivity index (χ0) is 19.5. The molecule has 5 heteroatoms. The number of hydrogen-bond donors (Lipinski definition) is 1. The minimum absolute atomic E-state index is 0.139. The Morgan fingerprint density at radius 3 is 2.46 bits per heavy atom. The van der Waals surface area contributed by atoms with Crippen LogP contribution in [0.5, 0.6) is 0 Å². The van der Waals surface area contributed by atoms with E-state index in [1.807, 2.05) is 54.6 Å². The van der Waals surface area contributed by atoms with Gasteiger partial charge in [-0.1, -0.05) is 66.7 Å². The Hall–Kier alpha value is -3.47. The summed E-state index contributed by atoms with van der Waals surface area (Å²) in [6.07, 6.45) is 0. The average Bonchev–Trinajstić information content (AvgIpc) is 3.13. The fourth-order valence-electron chi connectivity index (χ4n) is 3.28. The van der Waals surface area contributed by atoms with Crippen LogP contribution in [0.2, 0.25) is 0 Å². The third-order valence-electron chi connectivity index (χ3n) is 4.82. The summed E-state index contributed by atoms with van der Waals surface area (Å²) in [5.41, 5.74) is 3.18. The smallest absolute Gasteiger partial charge is 0.244 e. The van der Waals surface area contributed by atoms with E-state index in [2.05, 4.69) is 5.32 Å². The molecule has 1 N–H and O–H groups in total. The number of amides is 1. The van der Waals surface area contributed by atoms with E-state index >= 15 is 0 Å². The molecule has 140 valence electrons. The quantitative estimate of drug-likeness (QED) is 0.550. The van der Waals surface area contributed by atoms with Gasteiger partial charge in [0.05, 0.1) is 5.52 Å². The molecule has 0 unspecified atom stereocenters. The van der Waals surface area contributed by atoms with Crippen LogP contribution in [0.25, 0.3) is 22.2 Å². The van der Waals surface area contributed by atoms with Crippen molar-refractivity contribution in [2.75, 3.05) is 0 Å². The standard InChI is InChI=1S/C23H20FN3O/c1-16(23(28)25-15-18-11-5-7-13-20(18)24)27-21-14-8-6-12-19(21)22(26-27)17-9-3-2-4-10-17/h2-14,16H,15H2,1H3,(H,25,28)/t16-/m0/s1. The molecule has 0 aliphatic heterocycles. The van der Waals surface area contributed by atoms with Gasteiger partial charge in [-0.25, -0.2) is 4.39 Å². The lowest BCUT2D eigenvalue weighted by Crippen LogP contribution is -2.31. The molecule has 1 atom stereocenters. The first kappa shape index (κ1) is 17.9. The first-order valence-corrected chi connectivity index (χ1v) is 9.19. The predicted molar refractivity (Wildman–Crippen MR) is 108 cm³/mol. The van der Waals surface area contributed by atoms with Crippen molar-refractivity contribution in [1.29, 1.82) is 0 Å². The van der Waals surface area contributed by atoms with E-state index in [0.29, 0.717) is 5.56 Å². The Labute approximate surface area is 162 Å². The van der Waals surface area contributed by atoms with E-state index in [1.54, 1.807) is 29.8 Å². The number of benzene rings is 3. The van der Waals surface area contributed by atoms with Crippen LogP contribution >= 0.6 is 0 Å². The molecule has 0 spiro atoms. The van der Waals surface area contributed by atoms with Crippen LogP contribution in [-0.4, -0.2) is 15.7 Å². The fourth-order valence-corrected chi connectivity index (χ4v) is 3.28. The third-order valence-corrected chi connectivity index (χ3v) is 4.82. The molecule has 0 radical (unpaired) electrons. The Kier molecular flexibility index (Phi) is 4.89. The second-order valence-corrected chi connectivity index (χ2v) is 6.66. The van der Waals surface area contributed by atoms with Crippen LogP contribution in [0.4, 0.5) is 4.39 Å². The van der Waals surface area contributed by atoms with Crippen LogP contribution in [0.1, 0.15) is 18.5 Å². The first-order chi connectivity index (χ1) is 13.6. The highest BCUT2D eigenvalue weighted by atomic mass is 19.1. The van der Waals surface area contributed by atoms with Gasteiger partial charge >= 0.3 is 0 Å². The van der Waals surface area contributed by atoms with Gasteiger partial charge in [0, 0.05) is 23.1 Å². The van der Waals surface area contributed by atoms with Crippen LogP contribution in [0, 0.1) is 5.82 Å². The molecule has 4 rings (SSSR count). The van der Waals surface area contributed by atoms with Crippen LogP contribution in [-0.2, 0) is 11.3 Å². The van der Waals surface area contributed by atoms with Crippen LogP contribution in [0.3, 0.4) is 0 Å². The number of nitrogens with zero attached hydrogens (tertiary/aromatic N) is 2. The maximum absolute atomic E-state index is 13.8. The zero-order valence-electron chi connectivity index (χ0n) is 15.5. The minimum Gasteiger partial charge on any atom is -0.350 e. The lowest BCUT2D eigenvalue weighted by atomic mass is 10.1. The summed E-state index contributed by atoms with van der Waals surface area (Å²) >= 11 is 0. The molecule has 0 aliphatic rings. The number of aromatic nitrogens is 2. The molecule has 0 saturated carbocycles. The van der Waals surface area contributed by atoms with Gasteiger partial charge in [-0.15, -0.1) is 0 Å². The van der Waals surface area contributed by atoms with E-state index in [1.165, 1.54) is 6.07 Å². The monoisotopic (exact) mass is 373 g/mol. The fraction of sp³-hybridized carbons (Fsp3) is 0.130. The van der Waals surface area contributed by atoms with Crippen molar-refractivity contribution in [3.63, 3.8) is 0 Å². The van der Waals surface area contributed by atoms with Crippen molar-refractivity contribution in [2.45, 2.75) is 19.5 Å². The lowest BCUT2D eigenvalue weighted by molar-refractivity contribution is -0.124. The molecule has 4 nitrogen and oxygen atoms in total. The SMILES string of the molecule is C[C@@H](C(=O)NCc1ccccc1F)n1nc(-c2ccccc2)c2ccccc21. The molecule has 3 aromatic carbocycles. The van der Waals surface area contributed by atoms with Crippen molar-refractivity contribution in [2.24, 2.45) is 0 Å². The van der Waals surface area contributed by atoms with Gasteiger partial charge in [-0.05, 0) is 19.1 Å². The van der Waals surface area contributed by atoms with Crippen LogP contribution in [0.15, 0.2) is 78.9 Å². The maximum Gasteiger partial charge on any atom is 0.244 e. The van der Waals surface area contributed by atoms with Gasteiger partial charge < -0.3 is 5.32 Å². The summed E-state index contributed by atoms with van der Waals surface area (Å²) in [7, 11) is 0. The zero-order valence-corrected chi connectivity index (χ0v) is 15.5. The number of carbonyl (C=O) groups excluding carboxylic acids is 1. The topological polar surface area (TPSA) is 46.9 Å². The summed E-state index contributed by atoms with van der Waals surface area (Å²) in [4.78, 5) is 12.7. The van der Waals surface area contributed by atoms with Crippen molar-refractivity contribution in [3.8, 4) is 11.3 Å². The predicted octanol–water partition coefficient (Wildman–Crippen LogP) is 4.72. The highest BCUT2D eigenvalue weighted by Gasteiger charge is 2.21. The Morgan fingerprint density at radius 2 is 1.68 bits per heavy atom. The van der Waals surface area contributed by atoms with Gasteiger partial charge in [-0.2, -0.15) is 5.10 Å². The minimum atomic E-state index is -0.533. The molecular formula is C23H20FN3O. The lowest BCUT2D eigenvalue weighted by Gasteiger charge is -2.14. The number of nitrogens with one attached hydrogen (secondary N) is 1. The highest BCUT2D eigenvalue weighted by molar-refractivity contribution is 5.94. The second kappa shape index (κ2) is 7.64. The van der Waals surface area contributed by atoms with Gasteiger partial charge in [0.25, 0.3) is 0 Å². The van der Waals surface area contributed by atoms with Crippen molar-refractivity contribution >= 4 is 16.8 Å². The van der Waals surface area contributed by atoms with E-state index in [9.17, 15) is 9.18 Å². The van der Waals surface area contributed by atoms with Gasteiger partial charge in [-0.3, -0.25) is 9.48 Å². The Balaban J connectivity index is 1.63. The molecule has 4 aromatic rings. The number of fused-ring (bicyclic) bond motifs is 1. The maximum atomic E-state index is 13.8. The molecule has 0 saturated heterocycles. The van der Waals surface area contributed by atoms with Crippen molar-refractivity contribution in [3.05, 3.63) is 90.2 Å². The van der Waals surface area contributed by atoms with Crippen LogP contribution < -0.4 is 5.32 Å². The molecule has 1 aromatic heterocycles. The van der Waals surface area contributed by atoms with E-state index < -0.39 is 6.04 Å². The van der Waals surface area contributed by atoms with Gasteiger partial charge in [0.15, 0.2) is 0 Å². The number of para-hydroxylation sites is 1. The molecule has 28 heavy (non-hydrogen) atoms. The molecular weight excluding hydrogens is 353 g/mol. The summed E-state index contributed by atoms with van der Waals surface area (Å²) in [6.45, 7) is 1.94. The average molecular weight is 373 g/mol. The number of rotatable bonds is 5. The van der Waals surface area contributed by atoms with Crippen molar-refractivity contribution in [1.82, 2.24) is 15.1 Å². The first-order valence-electron chi connectivity index (χ1n) is 9.19. The summed E-state index contributed by atoms with van der Waals surface area (Å²) < 4.78 is 15.5. The summed E-state index contributed by atoms with van der Waals surface area (Å²) in [6, 6.07) is 23.6. The molecule has 0 fully saturated rings. The summed E-state index contributed by atoms with van der Waals surface area (Å²) in [5, 5.41) is 8.54. The molecule has 0 bridgehead atoms. The number of hydrogen-bond acceptors (Lipinski definition) is 2. The second-order valence-electron chi connectivity index (χ2n) is 6.66. The molecule has 1 heterocycles. The highest BCUT2D eigenvalue weighted by Crippen LogP contribution is 2.29. The van der Waals surface area contributed by atoms with E-state index in [0.717, 1.165) is 22.2 Å². The Bertz CT molecular complexity index is 1120. The van der Waals surface area contributed by atoms with Gasteiger partial charge in [0.2, 0.25) is 5.91 Å². The van der Waals surface area contributed by atoms with E-state index in [4.69, 9.17) is 5.10 Å². The number of carbonyl (C=O) groups is 1. The molecule has 0 aliphatic carbocycles. The number of halogens is 1. The molecule has 1 amide bonds. The Morgan fingerprint density at radius 1 is 1.00 bits per heavy atom. The third kappa shape index (κ3) is 3.39. The van der Waals surface area contributed by atoms with Gasteiger partial charge in [0.1, 0.15) is 17.6 Å². The summed E-state index contributed by atoms with van der Waals surface area (Å²) in [5.74, 6) is -0.539. The largest absolute Gasteiger partial charge is 0.350 e. The normalized spacial score (nSPS) is 12.1.